The van der Waals surface area contributed by atoms with Gasteiger partial charge in [0, 0.05) is 11.9 Å². The fourth-order valence-electron chi connectivity index (χ4n) is 1.63. The fraction of sp³-hybridized carbons (Fsp3) is 0.583. The predicted molar refractivity (Wildman–Crippen MR) is 65.7 cm³/mol. The molecular formula is C12H19N3O3. The zero-order chi connectivity index (χ0) is 13.5. The Morgan fingerprint density at radius 1 is 1.50 bits per heavy atom. The number of amides is 1. The standard InChI is InChI=1S/C12H19N3O3/c1-8(2)6-10(12(17)18-3)14-11(16)7-9-4-5-13-15-9/h4-5,8,10H,6-7H2,1-3H3,(H,13,15)(H,14,16). The van der Waals surface area contributed by atoms with Crippen LogP contribution in [0.4, 0.5) is 0 Å². The number of esters is 1. The number of nitrogens with one attached hydrogen (secondary N) is 2. The largest absolute Gasteiger partial charge is 0.467 e. The van der Waals surface area contributed by atoms with E-state index in [2.05, 4.69) is 20.3 Å². The summed E-state index contributed by atoms with van der Waals surface area (Å²) in [6.07, 6.45) is 2.31. The Morgan fingerprint density at radius 2 is 2.22 bits per heavy atom. The number of carbonyl (C=O) groups is 2. The van der Waals surface area contributed by atoms with Crippen LogP contribution in [0.1, 0.15) is 26.0 Å². The highest BCUT2D eigenvalue weighted by molar-refractivity contribution is 5.85. The summed E-state index contributed by atoms with van der Waals surface area (Å²) < 4.78 is 4.68. The Hall–Kier alpha value is -1.85. The highest BCUT2D eigenvalue weighted by Crippen LogP contribution is 2.06. The van der Waals surface area contributed by atoms with Gasteiger partial charge >= 0.3 is 5.97 Å². The summed E-state index contributed by atoms with van der Waals surface area (Å²) in [5.74, 6) is -0.349. The number of H-pyrrole nitrogens is 1. The van der Waals surface area contributed by atoms with Crippen LogP contribution in [0, 0.1) is 5.92 Å². The molecule has 1 aromatic rings. The number of aromatic amines is 1. The normalized spacial score (nSPS) is 12.2. The number of aromatic nitrogens is 2. The maximum absolute atomic E-state index is 11.8. The van der Waals surface area contributed by atoms with Crippen molar-refractivity contribution >= 4 is 11.9 Å². The molecular weight excluding hydrogens is 234 g/mol. The van der Waals surface area contributed by atoms with Gasteiger partial charge in [0.15, 0.2) is 0 Å². The van der Waals surface area contributed by atoms with E-state index in [0.29, 0.717) is 18.0 Å². The van der Waals surface area contributed by atoms with Crippen molar-refractivity contribution in [2.24, 2.45) is 5.92 Å². The molecule has 1 heterocycles. The highest BCUT2D eigenvalue weighted by Gasteiger charge is 2.22. The Balaban J connectivity index is 2.54. The monoisotopic (exact) mass is 253 g/mol. The first-order chi connectivity index (χ1) is 8.52. The van der Waals surface area contributed by atoms with Crippen molar-refractivity contribution < 1.29 is 14.3 Å². The van der Waals surface area contributed by atoms with Gasteiger partial charge in [-0.2, -0.15) is 5.10 Å². The molecule has 0 saturated carbocycles. The molecule has 0 aromatic carbocycles. The van der Waals surface area contributed by atoms with Crippen molar-refractivity contribution in [1.82, 2.24) is 15.5 Å². The SMILES string of the molecule is COC(=O)C(CC(C)C)NC(=O)Cc1ccn[nH]1. The topological polar surface area (TPSA) is 84.1 Å². The summed E-state index contributed by atoms with van der Waals surface area (Å²) in [4.78, 5) is 23.3. The molecule has 18 heavy (non-hydrogen) atoms. The Morgan fingerprint density at radius 3 is 2.72 bits per heavy atom. The van der Waals surface area contributed by atoms with E-state index in [1.807, 2.05) is 13.8 Å². The summed E-state index contributed by atoms with van der Waals surface area (Å²) in [7, 11) is 1.32. The highest BCUT2D eigenvalue weighted by atomic mass is 16.5. The van der Waals surface area contributed by atoms with E-state index in [1.165, 1.54) is 7.11 Å². The van der Waals surface area contributed by atoms with Crippen LogP contribution in [0.15, 0.2) is 12.3 Å². The minimum absolute atomic E-state index is 0.172. The molecule has 1 aromatic heterocycles. The molecule has 1 amide bonds. The zero-order valence-electron chi connectivity index (χ0n) is 10.9. The number of hydrogen-bond donors (Lipinski definition) is 2. The molecule has 0 spiro atoms. The van der Waals surface area contributed by atoms with Crippen LogP contribution in [0.25, 0.3) is 0 Å². The van der Waals surface area contributed by atoms with Gasteiger partial charge in [0.1, 0.15) is 6.04 Å². The number of rotatable bonds is 6. The molecule has 1 atom stereocenters. The minimum atomic E-state index is -0.592. The lowest BCUT2D eigenvalue weighted by molar-refractivity contribution is -0.145. The summed E-state index contributed by atoms with van der Waals surface area (Å²) in [5, 5.41) is 9.13. The van der Waals surface area contributed by atoms with Gasteiger partial charge in [-0.3, -0.25) is 9.89 Å². The molecule has 0 aliphatic heterocycles. The summed E-state index contributed by atoms with van der Waals surface area (Å²) in [5.41, 5.74) is 0.709. The van der Waals surface area contributed by atoms with Crippen molar-refractivity contribution in [3.63, 3.8) is 0 Å². The van der Waals surface area contributed by atoms with Crippen LogP contribution in [-0.4, -0.2) is 35.2 Å². The molecule has 0 fully saturated rings. The molecule has 0 aliphatic rings. The van der Waals surface area contributed by atoms with E-state index >= 15 is 0 Å². The summed E-state index contributed by atoms with van der Waals surface area (Å²) >= 11 is 0. The van der Waals surface area contributed by atoms with Gasteiger partial charge < -0.3 is 10.1 Å². The van der Waals surface area contributed by atoms with Gasteiger partial charge in [-0.1, -0.05) is 13.8 Å². The van der Waals surface area contributed by atoms with Gasteiger partial charge in [-0.25, -0.2) is 4.79 Å². The molecule has 0 saturated heterocycles. The smallest absolute Gasteiger partial charge is 0.328 e. The van der Waals surface area contributed by atoms with E-state index in [1.54, 1.807) is 12.3 Å². The van der Waals surface area contributed by atoms with E-state index in [0.717, 1.165) is 0 Å². The molecule has 0 radical (unpaired) electrons. The first kappa shape index (κ1) is 14.2. The molecule has 0 aliphatic carbocycles. The number of ether oxygens (including phenoxy) is 1. The summed E-state index contributed by atoms with van der Waals surface area (Å²) in [6.45, 7) is 3.97. The predicted octanol–water partition coefficient (Wildman–Crippen LogP) is 0.656. The number of nitrogens with zero attached hydrogens (tertiary/aromatic N) is 1. The van der Waals surface area contributed by atoms with Crippen LogP contribution in [0.5, 0.6) is 0 Å². The fourth-order valence-corrected chi connectivity index (χ4v) is 1.63. The lowest BCUT2D eigenvalue weighted by Gasteiger charge is -2.18. The molecule has 1 rings (SSSR count). The third-order valence-corrected chi connectivity index (χ3v) is 2.44. The second-order valence-corrected chi connectivity index (χ2v) is 4.53. The van der Waals surface area contributed by atoms with Crippen molar-refractivity contribution in [1.29, 1.82) is 0 Å². The maximum Gasteiger partial charge on any atom is 0.328 e. The van der Waals surface area contributed by atoms with Gasteiger partial charge in [-0.05, 0) is 18.4 Å². The van der Waals surface area contributed by atoms with Crippen LogP contribution in [0.2, 0.25) is 0 Å². The third kappa shape index (κ3) is 4.57. The Labute approximate surface area is 106 Å². The number of hydrogen-bond acceptors (Lipinski definition) is 4. The van der Waals surface area contributed by atoms with Gasteiger partial charge in [-0.15, -0.1) is 0 Å². The lowest BCUT2D eigenvalue weighted by atomic mass is 10.0. The van der Waals surface area contributed by atoms with E-state index in [9.17, 15) is 9.59 Å². The molecule has 100 valence electrons. The van der Waals surface area contributed by atoms with Gasteiger partial charge in [0.2, 0.25) is 5.91 Å². The Bertz CT molecular complexity index is 387. The number of carbonyl (C=O) groups excluding carboxylic acids is 2. The molecule has 6 heteroatoms. The van der Waals surface area contributed by atoms with Crippen LogP contribution in [-0.2, 0) is 20.7 Å². The second-order valence-electron chi connectivity index (χ2n) is 4.53. The van der Waals surface area contributed by atoms with E-state index in [-0.39, 0.29) is 12.3 Å². The van der Waals surface area contributed by atoms with E-state index < -0.39 is 12.0 Å². The maximum atomic E-state index is 11.8. The van der Waals surface area contributed by atoms with Crippen molar-refractivity contribution in [2.45, 2.75) is 32.7 Å². The van der Waals surface area contributed by atoms with Gasteiger partial charge in [0.25, 0.3) is 0 Å². The van der Waals surface area contributed by atoms with Crippen LogP contribution < -0.4 is 5.32 Å². The first-order valence-electron chi connectivity index (χ1n) is 5.88. The lowest BCUT2D eigenvalue weighted by Crippen LogP contribution is -2.43. The number of methoxy groups -OCH3 is 1. The Kier molecular flexibility index (Phi) is 5.35. The molecule has 2 N–H and O–H groups in total. The van der Waals surface area contributed by atoms with E-state index in [4.69, 9.17) is 0 Å². The van der Waals surface area contributed by atoms with Crippen LogP contribution in [0.3, 0.4) is 0 Å². The summed E-state index contributed by atoms with van der Waals surface area (Å²) in [6, 6.07) is 1.13. The molecule has 0 bridgehead atoms. The average molecular weight is 253 g/mol. The molecule has 6 nitrogen and oxygen atoms in total. The quantitative estimate of drug-likeness (QED) is 0.729. The minimum Gasteiger partial charge on any atom is -0.467 e. The van der Waals surface area contributed by atoms with Gasteiger partial charge in [0.05, 0.1) is 13.5 Å². The zero-order valence-corrected chi connectivity index (χ0v) is 10.9. The van der Waals surface area contributed by atoms with Crippen molar-refractivity contribution in [3.05, 3.63) is 18.0 Å². The van der Waals surface area contributed by atoms with Crippen molar-refractivity contribution in [2.75, 3.05) is 7.11 Å². The van der Waals surface area contributed by atoms with Crippen LogP contribution >= 0.6 is 0 Å². The molecule has 1 unspecified atom stereocenters. The first-order valence-corrected chi connectivity index (χ1v) is 5.88. The second kappa shape index (κ2) is 6.78. The third-order valence-electron chi connectivity index (χ3n) is 2.44. The average Bonchev–Trinajstić information content (AvgIpc) is 2.79. The van der Waals surface area contributed by atoms with Crippen molar-refractivity contribution in [3.8, 4) is 0 Å².